The molecule has 0 saturated carbocycles. The Balaban J connectivity index is 2.72. The van der Waals surface area contributed by atoms with E-state index in [9.17, 15) is 9.59 Å². The topological polar surface area (TPSA) is 64.6 Å². The van der Waals surface area contributed by atoms with Crippen molar-refractivity contribution < 1.29 is 19.1 Å². The van der Waals surface area contributed by atoms with Crippen molar-refractivity contribution in [2.24, 2.45) is 0 Å². The van der Waals surface area contributed by atoms with Crippen LogP contribution in [-0.4, -0.2) is 38.1 Å². The highest BCUT2D eigenvalue weighted by Gasteiger charge is 2.13. The van der Waals surface area contributed by atoms with E-state index in [1.54, 1.807) is 30.0 Å². The lowest BCUT2D eigenvalue weighted by molar-refractivity contribution is -0.120. The lowest BCUT2D eigenvalue weighted by Gasteiger charge is -2.10. The molecule has 0 radical (unpaired) electrons. The molecule has 6 heteroatoms. The molecular formula is C14H19NO4S. The monoisotopic (exact) mass is 297 g/mol. The SMILES string of the molecule is COC(=O)c1cc(CNC(=O)CCSC)ccc1OC. The maximum absolute atomic E-state index is 11.6. The predicted octanol–water partition coefficient (Wildman–Crippen LogP) is 1.85. The second kappa shape index (κ2) is 8.47. The first-order valence-electron chi connectivity index (χ1n) is 6.13. The zero-order chi connectivity index (χ0) is 15.0. The predicted molar refractivity (Wildman–Crippen MR) is 79.2 cm³/mol. The molecule has 0 heterocycles. The van der Waals surface area contributed by atoms with Gasteiger partial charge in [0, 0.05) is 18.7 Å². The average molecular weight is 297 g/mol. The maximum Gasteiger partial charge on any atom is 0.341 e. The van der Waals surface area contributed by atoms with Crippen molar-refractivity contribution in [1.29, 1.82) is 0 Å². The van der Waals surface area contributed by atoms with Crippen LogP contribution in [0.5, 0.6) is 5.75 Å². The van der Waals surface area contributed by atoms with Crippen molar-refractivity contribution in [3.05, 3.63) is 29.3 Å². The van der Waals surface area contributed by atoms with Gasteiger partial charge < -0.3 is 14.8 Å². The summed E-state index contributed by atoms with van der Waals surface area (Å²) in [5.41, 5.74) is 1.18. The fourth-order valence-electron chi connectivity index (χ4n) is 1.62. The van der Waals surface area contributed by atoms with Crippen LogP contribution in [0.3, 0.4) is 0 Å². The quantitative estimate of drug-likeness (QED) is 0.778. The largest absolute Gasteiger partial charge is 0.496 e. The molecule has 20 heavy (non-hydrogen) atoms. The Kier molecular flexibility index (Phi) is 6.93. The minimum atomic E-state index is -0.461. The van der Waals surface area contributed by atoms with Gasteiger partial charge in [-0.15, -0.1) is 0 Å². The van der Waals surface area contributed by atoms with Crippen molar-refractivity contribution in [3.63, 3.8) is 0 Å². The molecule has 0 atom stereocenters. The number of hydrogen-bond donors (Lipinski definition) is 1. The Bertz CT molecular complexity index is 476. The number of esters is 1. The number of thioether (sulfide) groups is 1. The molecule has 0 fully saturated rings. The Morgan fingerprint density at radius 3 is 2.65 bits per heavy atom. The second-order valence-electron chi connectivity index (χ2n) is 4.05. The number of methoxy groups -OCH3 is 2. The van der Waals surface area contributed by atoms with Crippen LogP contribution >= 0.6 is 11.8 Å². The standard InChI is InChI=1S/C14H19NO4S/c1-18-12-5-4-10(8-11(12)14(17)19-2)9-15-13(16)6-7-20-3/h4-5,8H,6-7,9H2,1-3H3,(H,15,16). The Labute approximate surface area is 123 Å². The molecule has 0 aliphatic heterocycles. The first-order chi connectivity index (χ1) is 9.62. The zero-order valence-corrected chi connectivity index (χ0v) is 12.7. The minimum Gasteiger partial charge on any atom is -0.496 e. The molecule has 0 saturated heterocycles. The summed E-state index contributed by atoms with van der Waals surface area (Å²) in [6, 6.07) is 5.16. The fraction of sp³-hybridized carbons (Fsp3) is 0.429. The molecular weight excluding hydrogens is 278 g/mol. The molecule has 5 nitrogen and oxygen atoms in total. The lowest BCUT2D eigenvalue weighted by atomic mass is 10.1. The summed E-state index contributed by atoms with van der Waals surface area (Å²) in [7, 11) is 2.81. The van der Waals surface area contributed by atoms with Gasteiger partial charge in [-0.05, 0) is 24.0 Å². The molecule has 0 aliphatic rings. The smallest absolute Gasteiger partial charge is 0.341 e. The van der Waals surface area contributed by atoms with E-state index >= 15 is 0 Å². The normalized spacial score (nSPS) is 9.95. The number of amides is 1. The number of rotatable bonds is 7. The van der Waals surface area contributed by atoms with Gasteiger partial charge >= 0.3 is 5.97 Å². The zero-order valence-electron chi connectivity index (χ0n) is 11.9. The number of carbonyl (C=O) groups is 2. The summed E-state index contributed by atoms with van der Waals surface area (Å²) in [5, 5.41) is 2.81. The van der Waals surface area contributed by atoms with E-state index in [1.807, 2.05) is 6.26 Å². The van der Waals surface area contributed by atoms with Crippen molar-refractivity contribution in [2.45, 2.75) is 13.0 Å². The van der Waals surface area contributed by atoms with Crippen molar-refractivity contribution in [2.75, 3.05) is 26.2 Å². The Morgan fingerprint density at radius 2 is 2.05 bits per heavy atom. The number of carbonyl (C=O) groups excluding carboxylic acids is 2. The van der Waals surface area contributed by atoms with Gasteiger partial charge in [-0.25, -0.2) is 4.79 Å². The average Bonchev–Trinajstić information content (AvgIpc) is 2.49. The molecule has 1 rings (SSSR count). The van der Waals surface area contributed by atoms with Crippen molar-refractivity contribution in [3.8, 4) is 5.75 Å². The van der Waals surface area contributed by atoms with E-state index in [2.05, 4.69) is 5.32 Å². The number of nitrogens with one attached hydrogen (secondary N) is 1. The van der Waals surface area contributed by atoms with Crippen LogP contribution in [0.25, 0.3) is 0 Å². The summed E-state index contributed by atoms with van der Waals surface area (Å²) in [4.78, 5) is 23.2. The van der Waals surface area contributed by atoms with Gasteiger partial charge in [0.15, 0.2) is 0 Å². The minimum absolute atomic E-state index is 0.00483. The van der Waals surface area contributed by atoms with Crippen LogP contribution in [0, 0.1) is 0 Å². The van der Waals surface area contributed by atoms with Crippen LogP contribution in [0.4, 0.5) is 0 Å². The summed E-state index contributed by atoms with van der Waals surface area (Å²) >= 11 is 1.63. The molecule has 0 aromatic heterocycles. The number of hydrogen-bond acceptors (Lipinski definition) is 5. The Hall–Kier alpha value is -1.69. The van der Waals surface area contributed by atoms with Crippen LogP contribution in [0.1, 0.15) is 22.3 Å². The molecule has 1 aromatic carbocycles. The van der Waals surface area contributed by atoms with E-state index in [-0.39, 0.29) is 5.91 Å². The molecule has 1 N–H and O–H groups in total. The summed E-state index contributed by atoms with van der Waals surface area (Å²) in [6.07, 6.45) is 2.45. The Morgan fingerprint density at radius 1 is 1.30 bits per heavy atom. The van der Waals surface area contributed by atoms with Gasteiger partial charge in [0.2, 0.25) is 5.91 Å². The third kappa shape index (κ3) is 4.77. The summed E-state index contributed by atoms with van der Waals surface area (Å²) in [6.45, 7) is 0.376. The third-order valence-electron chi connectivity index (χ3n) is 2.69. The molecule has 0 bridgehead atoms. The van der Waals surface area contributed by atoms with Crippen LogP contribution < -0.4 is 10.1 Å². The van der Waals surface area contributed by atoms with Crippen molar-refractivity contribution in [1.82, 2.24) is 5.32 Å². The first-order valence-corrected chi connectivity index (χ1v) is 7.52. The number of ether oxygens (including phenoxy) is 2. The van der Waals surface area contributed by atoms with Gasteiger partial charge in [-0.1, -0.05) is 6.07 Å². The molecule has 0 aliphatic carbocycles. The summed E-state index contributed by atoms with van der Waals surface area (Å²) in [5.74, 6) is 0.781. The van der Waals surface area contributed by atoms with E-state index in [0.717, 1.165) is 11.3 Å². The van der Waals surface area contributed by atoms with Gasteiger partial charge in [0.1, 0.15) is 11.3 Å². The molecule has 0 spiro atoms. The molecule has 1 aromatic rings. The lowest BCUT2D eigenvalue weighted by Crippen LogP contribution is -2.23. The van der Waals surface area contributed by atoms with Gasteiger partial charge in [-0.2, -0.15) is 11.8 Å². The van der Waals surface area contributed by atoms with Crippen molar-refractivity contribution >= 4 is 23.6 Å². The molecule has 1 amide bonds. The maximum atomic E-state index is 11.6. The number of benzene rings is 1. The van der Waals surface area contributed by atoms with Crippen LogP contribution in [0.2, 0.25) is 0 Å². The highest BCUT2D eigenvalue weighted by Crippen LogP contribution is 2.20. The van der Waals surface area contributed by atoms with E-state index in [4.69, 9.17) is 9.47 Å². The first kappa shape index (κ1) is 16.4. The molecule has 110 valence electrons. The fourth-order valence-corrected chi connectivity index (χ4v) is 2.01. The van der Waals surface area contributed by atoms with E-state index in [1.165, 1.54) is 14.2 Å². The van der Waals surface area contributed by atoms with Crippen LogP contribution in [-0.2, 0) is 16.1 Å². The van der Waals surface area contributed by atoms with Gasteiger partial charge in [0.25, 0.3) is 0 Å². The van der Waals surface area contributed by atoms with Gasteiger partial charge in [0.05, 0.1) is 14.2 Å². The summed E-state index contributed by atoms with van der Waals surface area (Å²) < 4.78 is 9.81. The van der Waals surface area contributed by atoms with E-state index < -0.39 is 5.97 Å². The van der Waals surface area contributed by atoms with Crippen LogP contribution in [0.15, 0.2) is 18.2 Å². The van der Waals surface area contributed by atoms with E-state index in [0.29, 0.717) is 24.3 Å². The third-order valence-corrected chi connectivity index (χ3v) is 3.30. The highest BCUT2D eigenvalue weighted by molar-refractivity contribution is 7.98. The highest BCUT2D eigenvalue weighted by atomic mass is 32.2. The molecule has 0 unspecified atom stereocenters. The van der Waals surface area contributed by atoms with Gasteiger partial charge in [-0.3, -0.25) is 4.79 Å². The second-order valence-corrected chi connectivity index (χ2v) is 5.03.